The van der Waals surface area contributed by atoms with E-state index in [4.69, 9.17) is 5.21 Å². The smallest absolute Gasteiger partial charge is 0.0956 e. The van der Waals surface area contributed by atoms with Gasteiger partial charge in [0.25, 0.3) is 0 Å². The molecule has 0 bridgehead atoms. The molecular formula is C8H13NO2. The largest absolute Gasteiger partial charge is 0.292 e. The molecule has 0 fully saturated rings. The lowest BCUT2D eigenvalue weighted by Crippen LogP contribution is -2.11. The van der Waals surface area contributed by atoms with Crippen LogP contribution in [0.15, 0.2) is 23.8 Å². The predicted molar refractivity (Wildman–Crippen MR) is 41.9 cm³/mol. The summed E-state index contributed by atoms with van der Waals surface area (Å²) in [6.07, 6.45) is 7.35. The predicted octanol–water partition coefficient (Wildman–Crippen LogP) is 1.42. The highest BCUT2D eigenvalue weighted by atomic mass is 16.8. The minimum absolute atomic E-state index is 0.414. The average molecular weight is 155 g/mol. The number of nitrogens with one attached hydrogen (secondary N) is 1. The fourth-order valence-corrected chi connectivity index (χ4v) is 1.13. The highest BCUT2D eigenvalue weighted by Gasteiger charge is 2.03. The van der Waals surface area contributed by atoms with Gasteiger partial charge in [-0.3, -0.25) is 10.0 Å². The van der Waals surface area contributed by atoms with Crippen molar-refractivity contribution in [3.8, 4) is 0 Å². The van der Waals surface area contributed by atoms with Gasteiger partial charge in [0, 0.05) is 0 Å². The maximum atomic E-state index is 8.14. The van der Waals surface area contributed by atoms with Crippen molar-refractivity contribution in [3.63, 3.8) is 0 Å². The third-order valence-electron chi connectivity index (χ3n) is 1.64. The van der Waals surface area contributed by atoms with Crippen molar-refractivity contribution in [1.29, 1.82) is 0 Å². The van der Waals surface area contributed by atoms with Gasteiger partial charge in [0.1, 0.15) is 0 Å². The highest BCUT2D eigenvalue weighted by Crippen LogP contribution is 2.15. The minimum atomic E-state index is 0.414. The summed E-state index contributed by atoms with van der Waals surface area (Å²) in [5, 5.41) is 8.14. The van der Waals surface area contributed by atoms with Gasteiger partial charge >= 0.3 is 0 Å². The first-order valence-corrected chi connectivity index (χ1v) is 3.71. The summed E-state index contributed by atoms with van der Waals surface area (Å²) in [7, 11) is 0. The Kier molecular flexibility index (Phi) is 3.29. The minimum Gasteiger partial charge on any atom is -0.292 e. The van der Waals surface area contributed by atoms with Crippen molar-refractivity contribution >= 4 is 0 Å². The van der Waals surface area contributed by atoms with Gasteiger partial charge < -0.3 is 0 Å². The van der Waals surface area contributed by atoms with Gasteiger partial charge in [0.05, 0.1) is 6.61 Å². The first kappa shape index (κ1) is 8.46. The summed E-state index contributed by atoms with van der Waals surface area (Å²) >= 11 is 0. The van der Waals surface area contributed by atoms with Crippen molar-refractivity contribution in [3.05, 3.63) is 23.8 Å². The van der Waals surface area contributed by atoms with Crippen LogP contribution in [0.3, 0.4) is 0 Å². The van der Waals surface area contributed by atoms with Crippen molar-refractivity contribution < 1.29 is 10.0 Å². The lowest BCUT2D eigenvalue weighted by atomic mass is 9.99. The molecule has 11 heavy (non-hydrogen) atoms. The molecule has 0 saturated carbocycles. The summed E-state index contributed by atoms with van der Waals surface area (Å²) in [4.78, 5) is 4.61. The molecule has 1 aliphatic carbocycles. The van der Waals surface area contributed by atoms with Gasteiger partial charge in [0.15, 0.2) is 0 Å². The molecule has 0 heterocycles. The number of hydrogen-bond donors (Lipinski definition) is 2. The van der Waals surface area contributed by atoms with E-state index in [0.29, 0.717) is 12.5 Å². The van der Waals surface area contributed by atoms with Crippen LogP contribution in [0.25, 0.3) is 0 Å². The molecule has 1 unspecified atom stereocenters. The number of rotatable bonds is 3. The molecule has 0 spiro atoms. The molecule has 1 rings (SSSR count). The average Bonchev–Trinajstić information content (AvgIpc) is 2.01. The van der Waals surface area contributed by atoms with Crippen molar-refractivity contribution in [2.24, 2.45) is 5.92 Å². The van der Waals surface area contributed by atoms with Gasteiger partial charge in [-0.2, -0.15) is 0 Å². The number of allylic oxidation sites excluding steroid dienone is 2. The Hall–Kier alpha value is -0.640. The Morgan fingerprint density at radius 1 is 1.82 bits per heavy atom. The highest BCUT2D eigenvalue weighted by molar-refractivity contribution is 5.23. The quantitative estimate of drug-likeness (QED) is 0.605. The molecule has 0 radical (unpaired) electrons. The molecule has 1 aliphatic rings. The van der Waals surface area contributed by atoms with Crippen LogP contribution in [-0.4, -0.2) is 11.8 Å². The number of hydrogen-bond acceptors (Lipinski definition) is 3. The third-order valence-corrected chi connectivity index (χ3v) is 1.64. The van der Waals surface area contributed by atoms with Crippen LogP contribution in [-0.2, 0) is 4.84 Å². The van der Waals surface area contributed by atoms with E-state index in [1.165, 1.54) is 0 Å². The van der Waals surface area contributed by atoms with E-state index >= 15 is 0 Å². The van der Waals surface area contributed by atoms with Crippen LogP contribution in [0.1, 0.15) is 13.3 Å². The molecule has 62 valence electrons. The molecule has 2 N–H and O–H groups in total. The Bertz CT molecular complexity index is 175. The summed E-state index contributed by atoms with van der Waals surface area (Å²) in [5.41, 5.74) is 2.76. The molecule has 1 atom stereocenters. The van der Waals surface area contributed by atoms with Crippen LogP contribution < -0.4 is 5.64 Å². The lowest BCUT2D eigenvalue weighted by Gasteiger charge is -2.11. The molecule has 0 saturated heterocycles. The maximum absolute atomic E-state index is 8.14. The second-order valence-electron chi connectivity index (χ2n) is 2.74. The fourth-order valence-electron chi connectivity index (χ4n) is 1.13. The first-order valence-electron chi connectivity index (χ1n) is 3.71. The summed E-state index contributed by atoms with van der Waals surface area (Å²) in [6, 6.07) is 0. The summed E-state index contributed by atoms with van der Waals surface area (Å²) in [5.74, 6) is 0.581. The Morgan fingerprint density at radius 3 is 3.27 bits per heavy atom. The van der Waals surface area contributed by atoms with E-state index in [2.05, 4.69) is 23.9 Å². The van der Waals surface area contributed by atoms with Crippen LogP contribution in [0.2, 0.25) is 0 Å². The third kappa shape index (κ3) is 2.84. The SMILES string of the molecule is CC1C=C(CONO)C=CC1. The molecular weight excluding hydrogens is 142 g/mol. The monoisotopic (exact) mass is 155 g/mol. The van der Waals surface area contributed by atoms with Crippen molar-refractivity contribution in [1.82, 2.24) is 5.64 Å². The normalized spacial score (nSPS) is 23.5. The Balaban J connectivity index is 2.37. The van der Waals surface area contributed by atoms with Gasteiger partial charge in [-0.25, -0.2) is 0 Å². The van der Waals surface area contributed by atoms with Crippen LogP contribution in [0, 0.1) is 5.92 Å². The van der Waals surface area contributed by atoms with E-state index in [-0.39, 0.29) is 0 Å². The van der Waals surface area contributed by atoms with Crippen LogP contribution in [0.4, 0.5) is 0 Å². The Morgan fingerprint density at radius 2 is 2.64 bits per heavy atom. The molecule has 3 heteroatoms. The van der Waals surface area contributed by atoms with Crippen molar-refractivity contribution in [2.75, 3.05) is 6.61 Å². The molecule has 0 aliphatic heterocycles. The van der Waals surface area contributed by atoms with Crippen LogP contribution in [0.5, 0.6) is 0 Å². The summed E-state index contributed by atoms with van der Waals surface area (Å²) in [6.45, 7) is 2.56. The van der Waals surface area contributed by atoms with Crippen LogP contribution >= 0.6 is 0 Å². The van der Waals surface area contributed by atoms with Crippen molar-refractivity contribution in [2.45, 2.75) is 13.3 Å². The van der Waals surface area contributed by atoms with E-state index in [1.807, 2.05) is 6.08 Å². The van der Waals surface area contributed by atoms with Gasteiger partial charge in [0.2, 0.25) is 0 Å². The first-order chi connectivity index (χ1) is 5.33. The van der Waals surface area contributed by atoms with Gasteiger partial charge in [-0.1, -0.05) is 30.8 Å². The molecule has 0 aromatic carbocycles. The summed E-state index contributed by atoms with van der Waals surface area (Å²) < 4.78 is 0. The van der Waals surface area contributed by atoms with E-state index in [1.54, 1.807) is 5.64 Å². The molecule has 0 aromatic heterocycles. The molecule has 3 nitrogen and oxygen atoms in total. The zero-order valence-electron chi connectivity index (χ0n) is 6.58. The lowest BCUT2D eigenvalue weighted by molar-refractivity contribution is -0.118. The van der Waals surface area contributed by atoms with E-state index in [0.717, 1.165) is 12.0 Å². The maximum Gasteiger partial charge on any atom is 0.0956 e. The fraction of sp³-hybridized carbons (Fsp3) is 0.500. The zero-order valence-corrected chi connectivity index (χ0v) is 6.58. The molecule has 0 amide bonds. The topological polar surface area (TPSA) is 41.5 Å². The van der Waals surface area contributed by atoms with E-state index < -0.39 is 0 Å². The molecule has 0 aromatic rings. The van der Waals surface area contributed by atoms with Gasteiger partial charge in [-0.15, -0.1) is 0 Å². The zero-order chi connectivity index (χ0) is 8.10. The van der Waals surface area contributed by atoms with E-state index in [9.17, 15) is 0 Å². The second kappa shape index (κ2) is 4.28. The standard InChI is InChI=1S/C8H13NO2/c1-7-3-2-4-8(5-7)6-11-9-10/h2,4-5,7,9-10H,3,6H2,1H3. The second-order valence-corrected chi connectivity index (χ2v) is 2.74. The Labute approximate surface area is 66.3 Å². The van der Waals surface area contributed by atoms with Gasteiger partial charge in [-0.05, 0) is 17.9 Å².